The summed E-state index contributed by atoms with van der Waals surface area (Å²) in [4.78, 5) is 0. The van der Waals surface area contributed by atoms with Gasteiger partial charge in [0.25, 0.3) is 0 Å². The fourth-order valence-electron chi connectivity index (χ4n) is 1.96. The number of rotatable bonds is 4. The first kappa shape index (κ1) is 11.2. The zero-order valence-electron chi connectivity index (χ0n) is 9.87. The Balaban J connectivity index is 2.07. The average molecular weight is 213 g/mol. The van der Waals surface area contributed by atoms with Crippen molar-refractivity contribution in [1.29, 1.82) is 0 Å². The van der Waals surface area contributed by atoms with Crippen molar-refractivity contribution >= 4 is 5.57 Å². The Hall–Kier alpha value is -1.34. The lowest BCUT2D eigenvalue weighted by atomic mass is 9.98. The van der Waals surface area contributed by atoms with Crippen molar-refractivity contribution in [2.45, 2.75) is 19.3 Å². The Labute approximate surface area is 97.9 Å². The number of hydrogen-bond acceptors (Lipinski definition) is 1. The van der Waals surface area contributed by atoms with E-state index in [0.717, 1.165) is 13.0 Å². The van der Waals surface area contributed by atoms with Gasteiger partial charge in [0.15, 0.2) is 0 Å². The Bertz CT molecular complexity index is 384. The predicted molar refractivity (Wildman–Crippen MR) is 70.4 cm³/mol. The molecule has 0 aromatic heterocycles. The van der Waals surface area contributed by atoms with Gasteiger partial charge in [-0.1, -0.05) is 42.5 Å². The second kappa shape index (κ2) is 5.66. The molecule has 0 radical (unpaired) electrons. The van der Waals surface area contributed by atoms with E-state index in [9.17, 15) is 0 Å². The van der Waals surface area contributed by atoms with Crippen LogP contribution < -0.4 is 5.32 Å². The van der Waals surface area contributed by atoms with Gasteiger partial charge in [-0.3, -0.25) is 0 Å². The number of hydrogen-bond donors (Lipinski definition) is 1. The molecule has 1 aromatic carbocycles. The highest BCUT2D eigenvalue weighted by molar-refractivity contribution is 5.74. The fourth-order valence-corrected chi connectivity index (χ4v) is 1.96. The Kier molecular flexibility index (Phi) is 3.95. The molecule has 1 aliphatic carbocycles. The summed E-state index contributed by atoms with van der Waals surface area (Å²) in [5, 5.41) is 3.17. The molecule has 84 valence electrons. The van der Waals surface area contributed by atoms with Gasteiger partial charge in [-0.05, 0) is 49.6 Å². The maximum Gasteiger partial charge on any atom is -0.00114 e. The Morgan fingerprint density at radius 1 is 1.12 bits per heavy atom. The van der Waals surface area contributed by atoms with Crippen LogP contribution in [-0.4, -0.2) is 13.6 Å². The van der Waals surface area contributed by atoms with Crippen LogP contribution in [0.25, 0.3) is 5.57 Å². The van der Waals surface area contributed by atoms with Crippen molar-refractivity contribution in [1.82, 2.24) is 5.32 Å². The zero-order chi connectivity index (χ0) is 11.2. The lowest BCUT2D eigenvalue weighted by molar-refractivity contribution is 0.792. The van der Waals surface area contributed by atoms with Gasteiger partial charge in [0.05, 0.1) is 0 Å². The second-order valence-corrected chi connectivity index (χ2v) is 4.19. The van der Waals surface area contributed by atoms with Gasteiger partial charge in [0.1, 0.15) is 0 Å². The number of nitrogens with one attached hydrogen (secondary N) is 1. The van der Waals surface area contributed by atoms with Crippen LogP contribution in [-0.2, 0) is 6.42 Å². The molecule has 0 unspecified atom stereocenters. The molecule has 2 rings (SSSR count). The van der Waals surface area contributed by atoms with Crippen molar-refractivity contribution < 1.29 is 0 Å². The SMILES string of the molecule is CNCCc1ccc(C2=CCCC=C2)cc1. The number of allylic oxidation sites excluding steroid dienone is 4. The van der Waals surface area contributed by atoms with Crippen LogP contribution in [0, 0.1) is 0 Å². The lowest BCUT2D eigenvalue weighted by Gasteiger charge is -2.08. The van der Waals surface area contributed by atoms with E-state index in [1.807, 2.05) is 7.05 Å². The molecule has 0 amide bonds. The van der Waals surface area contributed by atoms with E-state index in [2.05, 4.69) is 47.8 Å². The summed E-state index contributed by atoms with van der Waals surface area (Å²) in [6, 6.07) is 8.92. The van der Waals surface area contributed by atoms with Gasteiger partial charge in [-0.2, -0.15) is 0 Å². The summed E-state index contributed by atoms with van der Waals surface area (Å²) in [5.74, 6) is 0. The van der Waals surface area contributed by atoms with Gasteiger partial charge in [-0.25, -0.2) is 0 Å². The van der Waals surface area contributed by atoms with Crippen LogP contribution in [0.15, 0.2) is 42.5 Å². The average Bonchev–Trinajstić information content (AvgIpc) is 2.38. The molecular weight excluding hydrogens is 194 g/mol. The molecule has 0 spiro atoms. The van der Waals surface area contributed by atoms with Crippen molar-refractivity contribution in [2.75, 3.05) is 13.6 Å². The monoisotopic (exact) mass is 213 g/mol. The largest absolute Gasteiger partial charge is 0.319 e. The van der Waals surface area contributed by atoms with Crippen LogP contribution in [0.5, 0.6) is 0 Å². The molecule has 0 aliphatic heterocycles. The standard InChI is InChI=1S/C15H19N/c1-16-12-11-13-7-9-15(10-8-13)14-5-3-2-4-6-14/h3,5-10,16H,2,4,11-12H2,1H3. The van der Waals surface area contributed by atoms with E-state index in [1.54, 1.807) is 0 Å². The second-order valence-electron chi connectivity index (χ2n) is 4.19. The van der Waals surface area contributed by atoms with Gasteiger partial charge >= 0.3 is 0 Å². The molecule has 1 aromatic rings. The van der Waals surface area contributed by atoms with Crippen LogP contribution in [0.1, 0.15) is 24.0 Å². The number of likely N-dealkylation sites (N-methyl/N-ethyl adjacent to an activating group) is 1. The highest BCUT2D eigenvalue weighted by Gasteiger charge is 2.00. The molecule has 0 saturated heterocycles. The number of benzene rings is 1. The quantitative estimate of drug-likeness (QED) is 0.810. The van der Waals surface area contributed by atoms with Crippen molar-refractivity contribution in [2.24, 2.45) is 0 Å². The molecular formula is C15H19N. The van der Waals surface area contributed by atoms with E-state index in [1.165, 1.54) is 29.5 Å². The molecule has 0 bridgehead atoms. The van der Waals surface area contributed by atoms with Gasteiger partial charge in [0.2, 0.25) is 0 Å². The minimum atomic E-state index is 1.04. The zero-order valence-corrected chi connectivity index (χ0v) is 9.87. The topological polar surface area (TPSA) is 12.0 Å². The van der Waals surface area contributed by atoms with E-state index < -0.39 is 0 Å². The fraction of sp³-hybridized carbons (Fsp3) is 0.333. The summed E-state index contributed by atoms with van der Waals surface area (Å²) in [6.07, 6.45) is 10.3. The molecule has 0 atom stereocenters. The third kappa shape index (κ3) is 2.83. The maximum absolute atomic E-state index is 3.17. The first-order valence-electron chi connectivity index (χ1n) is 6.01. The summed E-state index contributed by atoms with van der Waals surface area (Å²) in [7, 11) is 1.99. The van der Waals surface area contributed by atoms with E-state index in [4.69, 9.17) is 0 Å². The predicted octanol–water partition coefficient (Wildman–Crippen LogP) is 3.18. The van der Waals surface area contributed by atoms with E-state index >= 15 is 0 Å². The summed E-state index contributed by atoms with van der Waals surface area (Å²) >= 11 is 0. The molecule has 16 heavy (non-hydrogen) atoms. The van der Waals surface area contributed by atoms with Gasteiger partial charge in [0, 0.05) is 0 Å². The van der Waals surface area contributed by atoms with Crippen LogP contribution >= 0.6 is 0 Å². The lowest BCUT2D eigenvalue weighted by Crippen LogP contribution is -2.10. The molecule has 0 fully saturated rings. The first-order chi connectivity index (χ1) is 7.90. The Morgan fingerprint density at radius 3 is 2.56 bits per heavy atom. The Morgan fingerprint density at radius 2 is 1.94 bits per heavy atom. The van der Waals surface area contributed by atoms with Gasteiger partial charge < -0.3 is 5.32 Å². The summed E-state index contributed by atoms with van der Waals surface area (Å²) in [5.41, 5.74) is 4.11. The summed E-state index contributed by atoms with van der Waals surface area (Å²) < 4.78 is 0. The molecule has 1 nitrogen and oxygen atoms in total. The van der Waals surface area contributed by atoms with Crippen LogP contribution in [0.2, 0.25) is 0 Å². The molecule has 1 heteroatoms. The maximum atomic E-state index is 3.17. The molecule has 0 heterocycles. The summed E-state index contributed by atoms with van der Waals surface area (Å²) in [6.45, 7) is 1.04. The van der Waals surface area contributed by atoms with Crippen molar-refractivity contribution in [3.63, 3.8) is 0 Å². The van der Waals surface area contributed by atoms with Crippen molar-refractivity contribution in [3.05, 3.63) is 53.6 Å². The first-order valence-corrected chi connectivity index (χ1v) is 6.01. The van der Waals surface area contributed by atoms with Crippen LogP contribution in [0.3, 0.4) is 0 Å². The molecule has 1 aliphatic rings. The highest BCUT2D eigenvalue weighted by Crippen LogP contribution is 2.21. The van der Waals surface area contributed by atoms with E-state index in [-0.39, 0.29) is 0 Å². The minimum absolute atomic E-state index is 1.04. The third-order valence-electron chi connectivity index (χ3n) is 2.95. The third-order valence-corrected chi connectivity index (χ3v) is 2.95. The normalized spacial score (nSPS) is 14.9. The van der Waals surface area contributed by atoms with Crippen molar-refractivity contribution in [3.8, 4) is 0 Å². The van der Waals surface area contributed by atoms with Crippen LogP contribution in [0.4, 0.5) is 0 Å². The molecule has 0 saturated carbocycles. The molecule has 1 N–H and O–H groups in total. The smallest absolute Gasteiger partial charge is 0.00114 e. The van der Waals surface area contributed by atoms with Gasteiger partial charge in [-0.15, -0.1) is 0 Å². The minimum Gasteiger partial charge on any atom is -0.319 e. The highest BCUT2D eigenvalue weighted by atomic mass is 14.8. The van der Waals surface area contributed by atoms with E-state index in [0.29, 0.717) is 0 Å².